The van der Waals surface area contributed by atoms with Gasteiger partial charge in [0, 0.05) is 30.9 Å². The Morgan fingerprint density at radius 1 is 1.08 bits per heavy atom. The van der Waals surface area contributed by atoms with Crippen LogP contribution in [0.3, 0.4) is 0 Å². The Hall–Kier alpha value is -2.68. The van der Waals surface area contributed by atoms with E-state index in [1.165, 1.54) is 30.3 Å². The summed E-state index contributed by atoms with van der Waals surface area (Å²) >= 11 is 0. The molecule has 138 valence electrons. The molecule has 1 heterocycles. The highest BCUT2D eigenvalue weighted by Crippen LogP contribution is 2.27. The van der Waals surface area contributed by atoms with Crippen molar-refractivity contribution in [1.29, 1.82) is 0 Å². The van der Waals surface area contributed by atoms with Crippen LogP contribution in [-0.2, 0) is 10.0 Å². The Morgan fingerprint density at radius 3 is 2.50 bits per heavy atom. The molecule has 0 amide bonds. The predicted octanol–water partition coefficient (Wildman–Crippen LogP) is 3.53. The van der Waals surface area contributed by atoms with Crippen LogP contribution in [-0.4, -0.2) is 26.4 Å². The van der Waals surface area contributed by atoms with Crippen LogP contribution in [0.4, 0.5) is 21.5 Å². The Labute approximate surface area is 150 Å². The number of nitrogens with one attached hydrogen (secondary N) is 1. The van der Waals surface area contributed by atoms with Gasteiger partial charge in [-0.2, -0.15) is 0 Å². The molecule has 0 aromatic heterocycles. The minimum atomic E-state index is -4.15. The summed E-state index contributed by atoms with van der Waals surface area (Å²) in [5, 5.41) is 10.8. The van der Waals surface area contributed by atoms with Crippen molar-refractivity contribution in [3.8, 4) is 0 Å². The number of hydrogen-bond donors (Lipinski definition) is 1. The topological polar surface area (TPSA) is 92.5 Å². The third kappa shape index (κ3) is 3.93. The average molecular weight is 379 g/mol. The van der Waals surface area contributed by atoms with Gasteiger partial charge in [-0.3, -0.25) is 14.8 Å². The lowest BCUT2D eigenvalue weighted by Crippen LogP contribution is -2.29. The van der Waals surface area contributed by atoms with Gasteiger partial charge in [0.25, 0.3) is 15.7 Å². The number of halogens is 1. The fraction of sp³-hybridized carbons (Fsp3) is 0.294. The summed E-state index contributed by atoms with van der Waals surface area (Å²) in [6.45, 7) is 1.67. The molecule has 0 aliphatic carbocycles. The van der Waals surface area contributed by atoms with Crippen molar-refractivity contribution in [1.82, 2.24) is 0 Å². The van der Waals surface area contributed by atoms with Gasteiger partial charge in [0.15, 0.2) is 0 Å². The summed E-state index contributed by atoms with van der Waals surface area (Å²) in [7, 11) is -4.15. The number of benzene rings is 2. The van der Waals surface area contributed by atoms with Gasteiger partial charge in [0.2, 0.25) is 0 Å². The fourth-order valence-electron chi connectivity index (χ4n) is 2.91. The first-order chi connectivity index (χ1) is 12.4. The third-order valence-electron chi connectivity index (χ3n) is 4.25. The Bertz CT molecular complexity index is 927. The molecule has 0 saturated carbocycles. The maximum atomic E-state index is 14.1. The lowest BCUT2D eigenvalue weighted by molar-refractivity contribution is -0.385. The number of hydrogen-bond acceptors (Lipinski definition) is 5. The summed E-state index contributed by atoms with van der Waals surface area (Å²) in [6.07, 6.45) is 3.21. The van der Waals surface area contributed by atoms with E-state index in [0.717, 1.165) is 44.1 Å². The maximum Gasteiger partial charge on any atom is 0.270 e. The maximum absolute atomic E-state index is 14.1. The molecule has 1 fully saturated rings. The molecule has 2 aromatic rings. The van der Waals surface area contributed by atoms with E-state index in [2.05, 4.69) is 9.62 Å². The zero-order valence-corrected chi connectivity index (χ0v) is 14.7. The summed E-state index contributed by atoms with van der Waals surface area (Å²) in [6, 6.07) is 8.91. The minimum absolute atomic E-state index is 0.181. The van der Waals surface area contributed by atoms with Gasteiger partial charge in [-0.1, -0.05) is 6.07 Å². The predicted molar refractivity (Wildman–Crippen MR) is 96.4 cm³/mol. The highest BCUT2D eigenvalue weighted by Gasteiger charge is 2.20. The summed E-state index contributed by atoms with van der Waals surface area (Å²) in [4.78, 5) is 11.9. The van der Waals surface area contributed by atoms with Crippen LogP contribution in [0.1, 0.15) is 19.3 Å². The van der Waals surface area contributed by atoms with E-state index in [4.69, 9.17) is 0 Å². The monoisotopic (exact) mass is 379 g/mol. The summed E-state index contributed by atoms with van der Waals surface area (Å²) in [5.41, 5.74) is 0.206. The first-order valence-corrected chi connectivity index (χ1v) is 9.67. The van der Waals surface area contributed by atoms with Gasteiger partial charge in [-0.05, 0) is 43.5 Å². The van der Waals surface area contributed by atoms with Crippen LogP contribution in [0.25, 0.3) is 0 Å². The number of sulfonamides is 1. The molecule has 1 N–H and O–H groups in total. The average Bonchev–Trinajstić information content (AvgIpc) is 2.64. The molecule has 0 spiro atoms. The van der Waals surface area contributed by atoms with Crippen molar-refractivity contribution in [2.24, 2.45) is 0 Å². The van der Waals surface area contributed by atoms with Crippen LogP contribution < -0.4 is 9.62 Å². The highest BCUT2D eigenvalue weighted by atomic mass is 32.2. The van der Waals surface area contributed by atoms with Crippen LogP contribution in [0.15, 0.2) is 47.4 Å². The molecule has 0 unspecified atom stereocenters. The van der Waals surface area contributed by atoms with Gasteiger partial charge in [0.1, 0.15) is 5.82 Å². The van der Waals surface area contributed by atoms with Gasteiger partial charge < -0.3 is 4.90 Å². The number of rotatable bonds is 5. The molecule has 1 aliphatic heterocycles. The number of nitro groups is 1. The second-order valence-corrected chi connectivity index (χ2v) is 7.75. The molecule has 1 aliphatic rings. The molecule has 9 heteroatoms. The first kappa shape index (κ1) is 18.1. The van der Waals surface area contributed by atoms with Crippen molar-refractivity contribution in [3.05, 3.63) is 58.4 Å². The molecule has 0 atom stereocenters. The number of anilines is 2. The van der Waals surface area contributed by atoms with Gasteiger partial charge in [-0.25, -0.2) is 12.8 Å². The fourth-order valence-corrected chi connectivity index (χ4v) is 4.01. The van der Waals surface area contributed by atoms with E-state index < -0.39 is 20.8 Å². The first-order valence-electron chi connectivity index (χ1n) is 8.18. The summed E-state index contributed by atoms with van der Waals surface area (Å²) in [5.74, 6) is -0.709. The molecular weight excluding hydrogens is 361 g/mol. The zero-order chi connectivity index (χ0) is 18.7. The number of nitro benzene ring substituents is 1. The van der Waals surface area contributed by atoms with Crippen LogP contribution >= 0.6 is 0 Å². The van der Waals surface area contributed by atoms with Crippen molar-refractivity contribution in [2.75, 3.05) is 22.7 Å². The van der Waals surface area contributed by atoms with Crippen molar-refractivity contribution < 1.29 is 17.7 Å². The van der Waals surface area contributed by atoms with E-state index in [0.29, 0.717) is 0 Å². The second-order valence-electron chi connectivity index (χ2n) is 6.07. The standard InChI is InChI=1S/C17H18FN3O4S/c18-16-8-7-13(20-9-2-1-3-10-20)12-17(16)19-26(24,25)15-6-4-5-14(11-15)21(22)23/h4-8,11-12,19H,1-3,9-10H2. The number of piperidine rings is 1. The lowest BCUT2D eigenvalue weighted by Gasteiger charge is -2.29. The minimum Gasteiger partial charge on any atom is -0.371 e. The molecule has 0 bridgehead atoms. The van der Waals surface area contributed by atoms with E-state index in [1.807, 2.05) is 0 Å². The molecule has 3 rings (SSSR count). The van der Waals surface area contributed by atoms with E-state index in [9.17, 15) is 22.9 Å². The molecule has 0 radical (unpaired) electrons. The Balaban J connectivity index is 1.89. The van der Waals surface area contributed by atoms with E-state index in [1.54, 1.807) is 6.07 Å². The Kier molecular flexibility index (Phi) is 5.08. The van der Waals surface area contributed by atoms with Gasteiger partial charge in [0.05, 0.1) is 15.5 Å². The summed E-state index contributed by atoms with van der Waals surface area (Å²) < 4.78 is 41.3. The third-order valence-corrected chi connectivity index (χ3v) is 5.62. The molecule has 2 aromatic carbocycles. The van der Waals surface area contributed by atoms with Crippen molar-refractivity contribution in [2.45, 2.75) is 24.2 Å². The second kappa shape index (κ2) is 7.28. The van der Waals surface area contributed by atoms with Crippen LogP contribution in [0, 0.1) is 15.9 Å². The van der Waals surface area contributed by atoms with E-state index in [-0.39, 0.29) is 16.3 Å². The smallest absolute Gasteiger partial charge is 0.270 e. The number of non-ortho nitro benzene ring substituents is 1. The van der Waals surface area contributed by atoms with Crippen molar-refractivity contribution >= 4 is 27.1 Å². The lowest BCUT2D eigenvalue weighted by atomic mass is 10.1. The normalized spacial score (nSPS) is 14.9. The van der Waals surface area contributed by atoms with Gasteiger partial charge >= 0.3 is 0 Å². The highest BCUT2D eigenvalue weighted by molar-refractivity contribution is 7.92. The largest absolute Gasteiger partial charge is 0.371 e. The quantitative estimate of drug-likeness (QED) is 0.634. The zero-order valence-electron chi connectivity index (χ0n) is 13.9. The number of nitrogens with zero attached hydrogens (tertiary/aromatic N) is 2. The van der Waals surface area contributed by atoms with Crippen molar-refractivity contribution in [3.63, 3.8) is 0 Å². The SMILES string of the molecule is O=[N+]([O-])c1cccc(S(=O)(=O)Nc2cc(N3CCCCC3)ccc2F)c1. The molecule has 1 saturated heterocycles. The van der Waals surface area contributed by atoms with Crippen LogP contribution in [0.2, 0.25) is 0 Å². The van der Waals surface area contributed by atoms with E-state index >= 15 is 0 Å². The molecular formula is C17H18FN3O4S. The van der Waals surface area contributed by atoms with Gasteiger partial charge in [-0.15, -0.1) is 0 Å². The van der Waals surface area contributed by atoms with Crippen LogP contribution in [0.5, 0.6) is 0 Å². The Morgan fingerprint density at radius 2 is 1.81 bits per heavy atom. The molecule has 26 heavy (non-hydrogen) atoms. The molecule has 7 nitrogen and oxygen atoms in total.